The maximum Gasteiger partial charge on any atom is 0.252 e. The van der Waals surface area contributed by atoms with Crippen LogP contribution in [0.1, 0.15) is 26.0 Å². The summed E-state index contributed by atoms with van der Waals surface area (Å²) >= 11 is 0. The van der Waals surface area contributed by atoms with Gasteiger partial charge >= 0.3 is 0 Å². The summed E-state index contributed by atoms with van der Waals surface area (Å²) in [6, 6.07) is 10.6. The van der Waals surface area contributed by atoms with Crippen LogP contribution in [0, 0.1) is 11.3 Å². The number of ether oxygens (including phenoxy) is 3. The Hall–Kier alpha value is -3.64. The van der Waals surface area contributed by atoms with Gasteiger partial charge in [0.2, 0.25) is 5.88 Å². The first-order valence-corrected chi connectivity index (χ1v) is 10.9. The van der Waals surface area contributed by atoms with Crippen LogP contribution in [0.3, 0.4) is 0 Å². The Labute approximate surface area is 192 Å². The van der Waals surface area contributed by atoms with E-state index in [0.717, 1.165) is 0 Å². The molecular weight excluding hydrogens is 422 g/mol. The summed E-state index contributed by atoms with van der Waals surface area (Å²) in [6.07, 6.45) is 1.95. The maximum absolute atomic E-state index is 12.6. The first-order valence-electron chi connectivity index (χ1n) is 10.9. The van der Waals surface area contributed by atoms with E-state index in [1.54, 1.807) is 44.6 Å². The molecule has 2 atom stereocenters. The van der Waals surface area contributed by atoms with Crippen molar-refractivity contribution in [2.45, 2.75) is 38.6 Å². The largest absolute Gasteiger partial charge is 0.489 e. The number of aryl methyl sites for hydroxylation is 1. The number of anilines is 1. The highest BCUT2D eigenvalue weighted by molar-refractivity contribution is 5.88. The summed E-state index contributed by atoms with van der Waals surface area (Å²) in [5.41, 5.74) is 2.16. The average Bonchev–Trinajstić information content (AvgIpc) is 2.82. The smallest absolute Gasteiger partial charge is 0.252 e. The van der Waals surface area contributed by atoms with Gasteiger partial charge in [-0.1, -0.05) is 0 Å². The van der Waals surface area contributed by atoms with Gasteiger partial charge in [0.1, 0.15) is 35.2 Å². The summed E-state index contributed by atoms with van der Waals surface area (Å²) in [5.74, 6) is 1.20. The third-order valence-corrected chi connectivity index (χ3v) is 5.68. The standard InChI is InChI=1S/C24H27N5O4/c1-15(2)32-17-6-8-22(26-13-17)33-20-9-10-29(14-21(20)31-4)19-11-23(30)28(3)18-7-5-16(12-25)27-24(18)19/h5-8,11,13,15,20-21H,9-10,14H2,1-4H3/t20-,21?/m0/s1. The van der Waals surface area contributed by atoms with Crippen molar-refractivity contribution in [2.75, 3.05) is 25.1 Å². The highest BCUT2D eigenvalue weighted by Crippen LogP contribution is 2.29. The van der Waals surface area contributed by atoms with E-state index in [2.05, 4.69) is 20.9 Å². The van der Waals surface area contributed by atoms with Crippen LogP contribution in [-0.4, -0.2) is 53.0 Å². The molecular formula is C24H27N5O4. The van der Waals surface area contributed by atoms with E-state index in [9.17, 15) is 10.1 Å². The number of nitriles is 1. The van der Waals surface area contributed by atoms with Crippen LogP contribution < -0.4 is 19.9 Å². The van der Waals surface area contributed by atoms with E-state index in [4.69, 9.17) is 14.2 Å². The van der Waals surface area contributed by atoms with Crippen LogP contribution in [-0.2, 0) is 11.8 Å². The highest BCUT2D eigenvalue weighted by atomic mass is 16.5. The normalized spacial score (nSPS) is 18.4. The molecule has 33 heavy (non-hydrogen) atoms. The van der Waals surface area contributed by atoms with Crippen LogP contribution in [0.15, 0.2) is 41.3 Å². The fourth-order valence-corrected chi connectivity index (χ4v) is 4.02. The van der Waals surface area contributed by atoms with Gasteiger partial charge < -0.3 is 23.7 Å². The van der Waals surface area contributed by atoms with E-state index in [1.165, 1.54) is 4.57 Å². The Kier molecular flexibility index (Phi) is 6.47. The lowest BCUT2D eigenvalue weighted by Crippen LogP contribution is -2.50. The molecule has 0 amide bonds. The molecule has 1 unspecified atom stereocenters. The molecule has 1 saturated heterocycles. The molecule has 9 nitrogen and oxygen atoms in total. The van der Waals surface area contributed by atoms with E-state index in [0.29, 0.717) is 53.6 Å². The summed E-state index contributed by atoms with van der Waals surface area (Å²) in [6.45, 7) is 5.07. The molecule has 3 aromatic rings. The number of methoxy groups -OCH3 is 1. The molecule has 0 radical (unpaired) electrons. The number of fused-ring (bicyclic) bond motifs is 1. The van der Waals surface area contributed by atoms with Gasteiger partial charge in [-0.3, -0.25) is 4.79 Å². The van der Waals surface area contributed by atoms with Crippen LogP contribution in [0.25, 0.3) is 11.0 Å². The summed E-state index contributed by atoms with van der Waals surface area (Å²) < 4.78 is 19.0. The molecule has 1 fully saturated rings. The second-order valence-corrected chi connectivity index (χ2v) is 8.27. The molecule has 9 heteroatoms. The number of hydrogen-bond donors (Lipinski definition) is 0. The average molecular weight is 450 g/mol. The summed E-state index contributed by atoms with van der Waals surface area (Å²) in [7, 11) is 3.34. The Morgan fingerprint density at radius 2 is 2.03 bits per heavy atom. The Bertz CT molecular complexity index is 1230. The van der Waals surface area contributed by atoms with Crippen LogP contribution in [0.2, 0.25) is 0 Å². The fraction of sp³-hybridized carbons (Fsp3) is 0.417. The van der Waals surface area contributed by atoms with Crippen molar-refractivity contribution >= 4 is 16.7 Å². The maximum atomic E-state index is 12.6. The lowest BCUT2D eigenvalue weighted by molar-refractivity contribution is -0.00909. The minimum atomic E-state index is -0.245. The van der Waals surface area contributed by atoms with Crippen LogP contribution >= 0.6 is 0 Å². The van der Waals surface area contributed by atoms with Crippen molar-refractivity contribution in [3.05, 3.63) is 52.6 Å². The second kappa shape index (κ2) is 9.46. The van der Waals surface area contributed by atoms with Gasteiger partial charge in [0.15, 0.2) is 0 Å². The van der Waals surface area contributed by atoms with Crippen molar-refractivity contribution in [3.8, 4) is 17.7 Å². The predicted molar refractivity (Wildman–Crippen MR) is 124 cm³/mol. The Balaban J connectivity index is 1.56. The number of piperidine rings is 1. The van der Waals surface area contributed by atoms with Gasteiger partial charge in [0, 0.05) is 45.8 Å². The lowest BCUT2D eigenvalue weighted by atomic mass is 10.0. The van der Waals surface area contributed by atoms with Gasteiger partial charge in [-0.15, -0.1) is 0 Å². The summed E-state index contributed by atoms with van der Waals surface area (Å²) in [4.78, 5) is 23.5. The molecule has 0 saturated carbocycles. The molecule has 4 heterocycles. The van der Waals surface area contributed by atoms with Crippen molar-refractivity contribution < 1.29 is 14.2 Å². The molecule has 1 aliphatic heterocycles. The quantitative estimate of drug-likeness (QED) is 0.566. The minimum absolute atomic E-state index is 0.0744. The van der Waals surface area contributed by atoms with Gasteiger partial charge in [-0.25, -0.2) is 9.97 Å². The minimum Gasteiger partial charge on any atom is -0.489 e. The highest BCUT2D eigenvalue weighted by Gasteiger charge is 2.32. The molecule has 0 aromatic carbocycles. The van der Waals surface area contributed by atoms with Crippen LogP contribution in [0.5, 0.6) is 11.6 Å². The van der Waals surface area contributed by atoms with Crippen molar-refractivity contribution in [1.82, 2.24) is 14.5 Å². The van der Waals surface area contributed by atoms with Crippen LogP contribution in [0.4, 0.5) is 5.69 Å². The molecule has 0 bridgehead atoms. The van der Waals surface area contributed by atoms with Crippen molar-refractivity contribution in [1.29, 1.82) is 5.26 Å². The number of hydrogen-bond acceptors (Lipinski definition) is 8. The Morgan fingerprint density at radius 3 is 2.70 bits per heavy atom. The number of nitrogens with zero attached hydrogens (tertiary/aromatic N) is 5. The zero-order valence-corrected chi connectivity index (χ0v) is 19.2. The van der Waals surface area contributed by atoms with Crippen molar-refractivity contribution in [3.63, 3.8) is 0 Å². The molecule has 1 aliphatic rings. The number of aromatic nitrogens is 3. The first-order chi connectivity index (χ1) is 15.9. The van der Waals surface area contributed by atoms with E-state index in [1.807, 2.05) is 19.9 Å². The van der Waals surface area contributed by atoms with Gasteiger partial charge in [0.25, 0.3) is 5.56 Å². The number of rotatable bonds is 6. The number of pyridine rings is 3. The van der Waals surface area contributed by atoms with E-state index >= 15 is 0 Å². The SMILES string of the molecule is COC1CN(c2cc(=O)n(C)c3ccc(C#N)nc23)CC[C@@H]1Oc1ccc(OC(C)C)cn1. The monoisotopic (exact) mass is 449 g/mol. The third-order valence-electron chi connectivity index (χ3n) is 5.68. The zero-order valence-electron chi connectivity index (χ0n) is 19.2. The zero-order chi connectivity index (χ0) is 23.5. The molecule has 4 rings (SSSR count). The first kappa shape index (κ1) is 22.6. The second-order valence-electron chi connectivity index (χ2n) is 8.27. The molecule has 172 valence electrons. The lowest BCUT2D eigenvalue weighted by Gasteiger charge is -2.38. The van der Waals surface area contributed by atoms with E-state index < -0.39 is 0 Å². The molecule has 0 N–H and O–H groups in total. The molecule has 3 aromatic heterocycles. The van der Waals surface area contributed by atoms with Gasteiger partial charge in [-0.05, 0) is 32.0 Å². The molecule has 0 aliphatic carbocycles. The van der Waals surface area contributed by atoms with Crippen molar-refractivity contribution in [2.24, 2.45) is 7.05 Å². The van der Waals surface area contributed by atoms with E-state index in [-0.39, 0.29) is 23.9 Å². The fourth-order valence-electron chi connectivity index (χ4n) is 4.02. The van der Waals surface area contributed by atoms with Gasteiger partial charge in [-0.2, -0.15) is 5.26 Å². The predicted octanol–water partition coefficient (Wildman–Crippen LogP) is 2.66. The summed E-state index contributed by atoms with van der Waals surface area (Å²) in [5, 5.41) is 9.29. The third kappa shape index (κ3) is 4.76. The van der Waals surface area contributed by atoms with Gasteiger partial charge in [0.05, 0.1) is 23.5 Å². The Morgan fingerprint density at radius 1 is 1.21 bits per heavy atom. The topological polar surface area (TPSA) is 103 Å². The molecule has 0 spiro atoms.